The van der Waals surface area contributed by atoms with E-state index in [0.29, 0.717) is 17.7 Å². The number of hydrogen-bond acceptors (Lipinski definition) is 1. The zero-order chi connectivity index (χ0) is 8.97. The fraction of sp³-hybridized carbons (Fsp3) is 0.889. The molecule has 0 aromatic carbocycles. The molecule has 1 aliphatic rings. The fourth-order valence-electron chi connectivity index (χ4n) is 1.58. The number of unbranched alkanes of at least 4 members (excludes halogenated alkanes) is 1. The van der Waals surface area contributed by atoms with Gasteiger partial charge >= 0.3 is 0 Å². The third-order valence-corrected chi connectivity index (χ3v) is 2.49. The summed E-state index contributed by atoms with van der Waals surface area (Å²) in [5, 5.41) is 0. The number of rotatable bonds is 4. The normalized spacial score (nSPS) is 23.7. The van der Waals surface area contributed by atoms with E-state index < -0.39 is 0 Å². The Morgan fingerprint density at radius 3 is 2.83 bits per heavy atom. The van der Waals surface area contributed by atoms with E-state index in [0.717, 1.165) is 32.4 Å². The number of amides is 1. The van der Waals surface area contributed by atoms with Crippen LogP contribution in [0.25, 0.3) is 0 Å². The van der Waals surface area contributed by atoms with Crippen LogP contribution in [0.3, 0.4) is 0 Å². The van der Waals surface area contributed by atoms with Gasteiger partial charge in [0.25, 0.3) is 0 Å². The van der Waals surface area contributed by atoms with Gasteiger partial charge in [0, 0.05) is 25.4 Å². The number of nitrogens with zero attached hydrogens (tertiary/aromatic N) is 1. The van der Waals surface area contributed by atoms with Gasteiger partial charge in [-0.05, 0) is 18.8 Å². The largest absolute Gasteiger partial charge is 0.342 e. The molecule has 0 aromatic heterocycles. The van der Waals surface area contributed by atoms with E-state index in [1.807, 2.05) is 4.90 Å². The maximum atomic E-state index is 11.3. The molecule has 3 heteroatoms. The summed E-state index contributed by atoms with van der Waals surface area (Å²) >= 11 is 5.55. The molecular formula is C9H16ClNO. The van der Waals surface area contributed by atoms with Crippen molar-refractivity contribution in [2.75, 3.05) is 19.0 Å². The summed E-state index contributed by atoms with van der Waals surface area (Å²) in [6.07, 6.45) is 2.79. The third kappa shape index (κ3) is 2.67. The van der Waals surface area contributed by atoms with Gasteiger partial charge in [-0.1, -0.05) is 6.92 Å². The standard InChI is InChI=1S/C9H16ClNO/c1-8-6-9(12)11(7-8)5-3-2-4-10/h8H,2-7H2,1H3. The highest BCUT2D eigenvalue weighted by molar-refractivity contribution is 6.17. The Balaban J connectivity index is 2.19. The summed E-state index contributed by atoms with van der Waals surface area (Å²) in [5.74, 6) is 1.57. The van der Waals surface area contributed by atoms with Gasteiger partial charge in [0.05, 0.1) is 0 Å². The zero-order valence-electron chi connectivity index (χ0n) is 7.55. The van der Waals surface area contributed by atoms with Crippen LogP contribution in [0.2, 0.25) is 0 Å². The molecule has 1 aliphatic heterocycles. The highest BCUT2D eigenvalue weighted by Gasteiger charge is 2.25. The Morgan fingerprint density at radius 1 is 1.58 bits per heavy atom. The predicted molar refractivity (Wildman–Crippen MR) is 50.3 cm³/mol. The van der Waals surface area contributed by atoms with Crippen molar-refractivity contribution in [1.82, 2.24) is 4.90 Å². The van der Waals surface area contributed by atoms with Crippen LogP contribution in [0.1, 0.15) is 26.2 Å². The first-order chi connectivity index (χ1) is 5.74. The molecule has 0 spiro atoms. The minimum atomic E-state index is 0.317. The van der Waals surface area contributed by atoms with E-state index in [9.17, 15) is 4.79 Å². The van der Waals surface area contributed by atoms with Crippen molar-refractivity contribution in [2.45, 2.75) is 26.2 Å². The lowest BCUT2D eigenvalue weighted by Crippen LogP contribution is -2.26. The Morgan fingerprint density at radius 2 is 2.33 bits per heavy atom. The van der Waals surface area contributed by atoms with Crippen molar-refractivity contribution < 1.29 is 4.79 Å². The van der Waals surface area contributed by atoms with Gasteiger partial charge in [-0.2, -0.15) is 0 Å². The van der Waals surface area contributed by atoms with Crippen LogP contribution in [0.4, 0.5) is 0 Å². The number of halogens is 1. The number of carbonyl (C=O) groups is 1. The van der Waals surface area contributed by atoms with Crippen LogP contribution >= 0.6 is 11.6 Å². The van der Waals surface area contributed by atoms with Gasteiger partial charge in [-0.3, -0.25) is 4.79 Å². The maximum absolute atomic E-state index is 11.3. The molecule has 0 aromatic rings. The SMILES string of the molecule is CC1CC(=O)N(CCCCCl)C1. The van der Waals surface area contributed by atoms with Crippen molar-refractivity contribution in [3.8, 4) is 0 Å². The van der Waals surface area contributed by atoms with Crippen LogP contribution in [-0.2, 0) is 4.79 Å². The maximum Gasteiger partial charge on any atom is 0.222 e. The first kappa shape index (κ1) is 9.85. The molecule has 0 saturated carbocycles. The van der Waals surface area contributed by atoms with E-state index in [1.54, 1.807) is 0 Å². The molecule has 1 saturated heterocycles. The molecule has 0 radical (unpaired) electrons. The van der Waals surface area contributed by atoms with Crippen LogP contribution in [0, 0.1) is 5.92 Å². The van der Waals surface area contributed by atoms with Gasteiger partial charge in [0.15, 0.2) is 0 Å². The van der Waals surface area contributed by atoms with Crippen LogP contribution in [0.15, 0.2) is 0 Å². The Kier molecular flexibility index (Phi) is 3.86. The number of hydrogen-bond donors (Lipinski definition) is 0. The number of likely N-dealkylation sites (tertiary alicyclic amines) is 1. The van der Waals surface area contributed by atoms with Crippen molar-refractivity contribution in [3.05, 3.63) is 0 Å². The van der Waals surface area contributed by atoms with Gasteiger partial charge in [0.2, 0.25) is 5.91 Å². The highest BCUT2D eigenvalue weighted by atomic mass is 35.5. The fourth-order valence-corrected chi connectivity index (χ4v) is 1.77. The van der Waals surface area contributed by atoms with Crippen LogP contribution in [0.5, 0.6) is 0 Å². The average molecular weight is 190 g/mol. The number of carbonyl (C=O) groups excluding carboxylic acids is 1. The topological polar surface area (TPSA) is 20.3 Å². The minimum Gasteiger partial charge on any atom is -0.342 e. The highest BCUT2D eigenvalue weighted by Crippen LogP contribution is 2.16. The molecule has 1 unspecified atom stereocenters. The molecule has 1 rings (SSSR count). The molecule has 12 heavy (non-hydrogen) atoms. The molecule has 2 nitrogen and oxygen atoms in total. The lowest BCUT2D eigenvalue weighted by molar-refractivity contribution is -0.127. The molecule has 1 atom stereocenters. The van der Waals surface area contributed by atoms with E-state index in [-0.39, 0.29) is 0 Å². The van der Waals surface area contributed by atoms with E-state index in [2.05, 4.69) is 6.92 Å². The van der Waals surface area contributed by atoms with E-state index in [4.69, 9.17) is 11.6 Å². The molecule has 0 bridgehead atoms. The lowest BCUT2D eigenvalue weighted by atomic mass is 10.2. The Hall–Kier alpha value is -0.240. The molecule has 1 fully saturated rings. The van der Waals surface area contributed by atoms with Gasteiger partial charge in [0.1, 0.15) is 0 Å². The second-order valence-electron chi connectivity index (χ2n) is 3.55. The first-order valence-corrected chi connectivity index (χ1v) is 5.11. The second-order valence-corrected chi connectivity index (χ2v) is 3.92. The molecule has 70 valence electrons. The van der Waals surface area contributed by atoms with Gasteiger partial charge in [-0.15, -0.1) is 11.6 Å². The lowest BCUT2D eigenvalue weighted by Gasteiger charge is -2.14. The summed E-state index contributed by atoms with van der Waals surface area (Å²) in [7, 11) is 0. The Labute approximate surface area is 78.9 Å². The third-order valence-electron chi connectivity index (χ3n) is 2.22. The Bertz CT molecular complexity index is 161. The molecule has 1 heterocycles. The van der Waals surface area contributed by atoms with E-state index >= 15 is 0 Å². The van der Waals surface area contributed by atoms with Crippen molar-refractivity contribution in [3.63, 3.8) is 0 Å². The summed E-state index contributed by atoms with van der Waals surface area (Å²) in [6.45, 7) is 3.97. The molecule has 1 amide bonds. The summed E-state index contributed by atoms with van der Waals surface area (Å²) in [6, 6.07) is 0. The first-order valence-electron chi connectivity index (χ1n) is 4.57. The minimum absolute atomic E-state index is 0.317. The predicted octanol–water partition coefficient (Wildman–Crippen LogP) is 1.87. The van der Waals surface area contributed by atoms with Crippen molar-refractivity contribution in [1.29, 1.82) is 0 Å². The van der Waals surface area contributed by atoms with Crippen LogP contribution in [-0.4, -0.2) is 29.8 Å². The van der Waals surface area contributed by atoms with Gasteiger partial charge in [-0.25, -0.2) is 0 Å². The quantitative estimate of drug-likeness (QED) is 0.489. The van der Waals surface area contributed by atoms with Gasteiger partial charge < -0.3 is 4.90 Å². The zero-order valence-corrected chi connectivity index (χ0v) is 8.31. The van der Waals surface area contributed by atoms with Crippen molar-refractivity contribution >= 4 is 17.5 Å². The second kappa shape index (κ2) is 4.70. The molecule has 0 aliphatic carbocycles. The monoisotopic (exact) mass is 189 g/mol. The van der Waals surface area contributed by atoms with Crippen molar-refractivity contribution in [2.24, 2.45) is 5.92 Å². The summed E-state index contributed by atoms with van der Waals surface area (Å²) in [4.78, 5) is 13.2. The molecular weight excluding hydrogens is 174 g/mol. The average Bonchev–Trinajstić information content (AvgIpc) is 2.31. The summed E-state index contributed by atoms with van der Waals surface area (Å²) < 4.78 is 0. The summed E-state index contributed by atoms with van der Waals surface area (Å²) in [5.41, 5.74) is 0. The molecule has 0 N–H and O–H groups in total. The van der Waals surface area contributed by atoms with E-state index in [1.165, 1.54) is 0 Å². The van der Waals surface area contributed by atoms with Crippen LogP contribution < -0.4 is 0 Å². The smallest absolute Gasteiger partial charge is 0.222 e. The number of alkyl halides is 1.